The summed E-state index contributed by atoms with van der Waals surface area (Å²) in [5.74, 6) is -1.01. The zero-order valence-corrected chi connectivity index (χ0v) is 10.9. The average Bonchev–Trinajstić information content (AvgIpc) is 2.58. The van der Waals surface area contributed by atoms with Crippen LogP contribution in [0.4, 0.5) is 0 Å². The van der Waals surface area contributed by atoms with Gasteiger partial charge in [-0.05, 0) is 34.5 Å². The van der Waals surface area contributed by atoms with Crippen LogP contribution in [-0.2, 0) is 11.3 Å². The zero-order chi connectivity index (χ0) is 11.3. The van der Waals surface area contributed by atoms with E-state index in [9.17, 15) is 4.79 Å². The van der Waals surface area contributed by atoms with E-state index in [0.29, 0.717) is 13.0 Å². The minimum Gasteiger partial charge on any atom is -0.481 e. The lowest BCUT2D eigenvalue weighted by atomic mass is 10.1. The van der Waals surface area contributed by atoms with E-state index < -0.39 is 5.97 Å². The van der Waals surface area contributed by atoms with Gasteiger partial charge in [0.05, 0.1) is 9.70 Å². The standard InChI is InChI=1S/C10H14BrNO2S/c1-2-7(10(13)14)5-12-6-8-3-4-9(11)15-8/h3-4,7,12H,2,5-6H2,1H3,(H,13,14). The third-order valence-electron chi connectivity index (χ3n) is 2.16. The summed E-state index contributed by atoms with van der Waals surface area (Å²) < 4.78 is 1.10. The number of carboxylic acid groups (broad SMARTS) is 1. The van der Waals surface area contributed by atoms with Crippen LogP contribution in [0.1, 0.15) is 18.2 Å². The lowest BCUT2D eigenvalue weighted by molar-refractivity contribution is -0.141. The van der Waals surface area contributed by atoms with Crippen molar-refractivity contribution in [2.75, 3.05) is 6.54 Å². The quantitative estimate of drug-likeness (QED) is 0.847. The van der Waals surface area contributed by atoms with E-state index in [-0.39, 0.29) is 5.92 Å². The summed E-state index contributed by atoms with van der Waals surface area (Å²) in [6.07, 6.45) is 0.663. The molecule has 1 heterocycles. The lowest BCUT2D eigenvalue weighted by Crippen LogP contribution is -2.27. The maximum Gasteiger partial charge on any atom is 0.307 e. The van der Waals surface area contributed by atoms with Crippen molar-refractivity contribution in [3.05, 3.63) is 20.8 Å². The number of hydrogen-bond donors (Lipinski definition) is 2. The van der Waals surface area contributed by atoms with Gasteiger partial charge in [0.25, 0.3) is 0 Å². The molecule has 2 N–H and O–H groups in total. The molecule has 0 fully saturated rings. The second-order valence-corrected chi connectivity index (χ2v) is 5.83. The first-order valence-corrected chi connectivity index (χ1v) is 6.42. The number of thiophene rings is 1. The molecule has 0 aliphatic heterocycles. The molecular weight excluding hydrogens is 278 g/mol. The van der Waals surface area contributed by atoms with E-state index >= 15 is 0 Å². The van der Waals surface area contributed by atoms with E-state index in [1.165, 1.54) is 4.88 Å². The smallest absolute Gasteiger partial charge is 0.307 e. The van der Waals surface area contributed by atoms with Gasteiger partial charge in [-0.15, -0.1) is 11.3 Å². The van der Waals surface area contributed by atoms with Gasteiger partial charge < -0.3 is 10.4 Å². The molecule has 0 amide bonds. The Labute approximate surface area is 102 Å². The van der Waals surface area contributed by atoms with Crippen LogP contribution in [0, 0.1) is 5.92 Å². The fourth-order valence-corrected chi connectivity index (χ4v) is 2.68. The van der Waals surface area contributed by atoms with E-state index in [2.05, 4.69) is 21.2 Å². The largest absolute Gasteiger partial charge is 0.481 e. The molecule has 0 bridgehead atoms. The Kier molecular flexibility index (Phi) is 5.28. The summed E-state index contributed by atoms with van der Waals surface area (Å²) in [5.41, 5.74) is 0. The molecule has 3 nitrogen and oxygen atoms in total. The number of carbonyl (C=O) groups is 1. The minimum atomic E-state index is -0.725. The van der Waals surface area contributed by atoms with Gasteiger partial charge in [-0.1, -0.05) is 6.92 Å². The number of nitrogens with one attached hydrogen (secondary N) is 1. The molecular formula is C10H14BrNO2S. The predicted molar refractivity (Wildman–Crippen MR) is 65.1 cm³/mol. The molecule has 15 heavy (non-hydrogen) atoms. The van der Waals surface area contributed by atoms with Crippen LogP contribution in [0.5, 0.6) is 0 Å². The number of aliphatic carboxylic acids is 1. The fourth-order valence-electron chi connectivity index (χ4n) is 1.22. The molecule has 5 heteroatoms. The van der Waals surface area contributed by atoms with Gasteiger partial charge in [-0.3, -0.25) is 4.79 Å². The summed E-state index contributed by atoms with van der Waals surface area (Å²) in [4.78, 5) is 11.9. The Morgan fingerprint density at radius 3 is 2.87 bits per heavy atom. The fraction of sp³-hybridized carbons (Fsp3) is 0.500. The first-order chi connectivity index (χ1) is 7.13. The maximum atomic E-state index is 10.7. The summed E-state index contributed by atoms with van der Waals surface area (Å²) in [5, 5.41) is 12.0. The van der Waals surface area contributed by atoms with Crippen molar-refractivity contribution in [3.8, 4) is 0 Å². The lowest BCUT2D eigenvalue weighted by Gasteiger charge is -2.09. The first kappa shape index (κ1) is 12.7. The maximum absolute atomic E-state index is 10.7. The van der Waals surface area contributed by atoms with E-state index in [1.54, 1.807) is 11.3 Å². The Bertz CT molecular complexity index is 327. The molecule has 1 aromatic rings. The molecule has 0 aliphatic rings. The molecule has 84 valence electrons. The molecule has 1 atom stereocenters. The number of hydrogen-bond acceptors (Lipinski definition) is 3. The highest BCUT2D eigenvalue weighted by Gasteiger charge is 2.13. The van der Waals surface area contributed by atoms with Gasteiger partial charge in [-0.25, -0.2) is 0 Å². The van der Waals surface area contributed by atoms with Gasteiger partial charge in [0.15, 0.2) is 0 Å². The van der Waals surface area contributed by atoms with Crippen molar-refractivity contribution >= 4 is 33.2 Å². The molecule has 0 saturated carbocycles. The van der Waals surface area contributed by atoms with Crippen molar-refractivity contribution in [2.24, 2.45) is 5.92 Å². The van der Waals surface area contributed by atoms with Gasteiger partial charge >= 0.3 is 5.97 Å². The van der Waals surface area contributed by atoms with Crippen LogP contribution in [0.15, 0.2) is 15.9 Å². The van der Waals surface area contributed by atoms with Crippen LogP contribution in [0.2, 0.25) is 0 Å². The molecule has 1 rings (SSSR count). The van der Waals surface area contributed by atoms with E-state index in [4.69, 9.17) is 5.11 Å². The second kappa shape index (κ2) is 6.25. The summed E-state index contributed by atoms with van der Waals surface area (Å²) in [6.45, 7) is 3.16. The summed E-state index contributed by atoms with van der Waals surface area (Å²) in [7, 11) is 0. The van der Waals surface area contributed by atoms with Crippen LogP contribution >= 0.6 is 27.3 Å². The molecule has 1 aromatic heterocycles. The first-order valence-electron chi connectivity index (χ1n) is 4.81. The number of halogens is 1. The third kappa shape index (κ3) is 4.32. The zero-order valence-electron chi connectivity index (χ0n) is 8.50. The molecule has 1 unspecified atom stereocenters. The second-order valence-electron chi connectivity index (χ2n) is 3.28. The highest BCUT2D eigenvalue weighted by molar-refractivity contribution is 9.11. The van der Waals surface area contributed by atoms with Crippen molar-refractivity contribution in [1.82, 2.24) is 5.32 Å². The van der Waals surface area contributed by atoms with Crippen molar-refractivity contribution in [3.63, 3.8) is 0 Å². The van der Waals surface area contributed by atoms with Gasteiger partial charge in [0.2, 0.25) is 0 Å². The van der Waals surface area contributed by atoms with Crippen molar-refractivity contribution in [1.29, 1.82) is 0 Å². The predicted octanol–water partition coefficient (Wildman–Crippen LogP) is 2.71. The minimum absolute atomic E-state index is 0.284. The van der Waals surface area contributed by atoms with Crippen LogP contribution in [0.25, 0.3) is 0 Å². The number of carboxylic acids is 1. The Hall–Kier alpha value is -0.390. The number of rotatable bonds is 6. The molecule has 0 radical (unpaired) electrons. The molecule has 0 aromatic carbocycles. The Morgan fingerprint density at radius 1 is 1.67 bits per heavy atom. The molecule has 0 aliphatic carbocycles. The van der Waals surface area contributed by atoms with Crippen molar-refractivity contribution in [2.45, 2.75) is 19.9 Å². The third-order valence-corrected chi connectivity index (χ3v) is 3.78. The van der Waals surface area contributed by atoms with Gasteiger partial charge in [-0.2, -0.15) is 0 Å². The highest BCUT2D eigenvalue weighted by Crippen LogP contribution is 2.21. The highest BCUT2D eigenvalue weighted by atomic mass is 79.9. The van der Waals surface area contributed by atoms with Crippen molar-refractivity contribution < 1.29 is 9.90 Å². The van der Waals surface area contributed by atoms with E-state index in [1.807, 2.05) is 19.1 Å². The van der Waals surface area contributed by atoms with Crippen LogP contribution in [0.3, 0.4) is 0 Å². The van der Waals surface area contributed by atoms with Crippen LogP contribution < -0.4 is 5.32 Å². The van der Waals surface area contributed by atoms with Gasteiger partial charge in [0.1, 0.15) is 0 Å². The van der Waals surface area contributed by atoms with Crippen LogP contribution in [-0.4, -0.2) is 17.6 Å². The summed E-state index contributed by atoms with van der Waals surface area (Å²) in [6, 6.07) is 4.03. The summed E-state index contributed by atoms with van der Waals surface area (Å²) >= 11 is 5.05. The normalized spacial score (nSPS) is 12.7. The molecule has 0 spiro atoms. The van der Waals surface area contributed by atoms with E-state index in [0.717, 1.165) is 10.3 Å². The Balaban J connectivity index is 2.29. The van der Waals surface area contributed by atoms with Gasteiger partial charge in [0, 0.05) is 18.0 Å². The monoisotopic (exact) mass is 291 g/mol. The Morgan fingerprint density at radius 2 is 2.40 bits per heavy atom. The topological polar surface area (TPSA) is 49.3 Å². The SMILES string of the molecule is CCC(CNCc1ccc(Br)s1)C(=O)O. The molecule has 0 saturated heterocycles. The average molecular weight is 292 g/mol.